The van der Waals surface area contributed by atoms with Gasteiger partial charge in [0, 0.05) is 39.5 Å². The number of carbonyl (C=O) groups excluding carboxylic acids is 5. The third-order valence-corrected chi connectivity index (χ3v) is 5.55. The number of benzene rings is 1. The first-order valence-corrected chi connectivity index (χ1v) is 12.1. The average molecular weight is 560 g/mol. The summed E-state index contributed by atoms with van der Waals surface area (Å²) >= 11 is 0. The molecule has 0 radical (unpaired) electrons. The predicted molar refractivity (Wildman–Crippen MR) is 134 cm³/mol. The molecule has 0 bridgehead atoms. The maximum atomic E-state index is 12.0. The van der Waals surface area contributed by atoms with E-state index in [0.717, 1.165) is 26.3 Å². The minimum Gasteiger partial charge on any atom is -0.464 e. The molecule has 13 nitrogen and oxygen atoms in total. The Bertz CT molecular complexity index is 1230. The van der Waals surface area contributed by atoms with Gasteiger partial charge >= 0.3 is 29.8 Å². The van der Waals surface area contributed by atoms with Crippen LogP contribution in [-0.2, 0) is 47.6 Å². The Morgan fingerprint density at radius 3 is 1.85 bits per heavy atom. The molecule has 1 aliphatic rings. The van der Waals surface area contributed by atoms with Crippen molar-refractivity contribution in [3.63, 3.8) is 0 Å². The third kappa shape index (κ3) is 7.99. The highest BCUT2D eigenvalue weighted by Crippen LogP contribution is 2.31. The van der Waals surface area contributed by atoms with Gasteiger partial charge in [-0.25, -0.2) is 9.78 Å². The fraction of sp³-hybridized carbons (Fsp3) is 0.407. The molecule has 1 aromatic heterocycles. The molecule has 2 aromatic rings. The molecule has 1 saturated heterocycles. The highest BCUT2D eigenvalue weighted by atomic mass is 16.7. The first-order valence-electron chi connectivity index (χ1n) is 12.1. The van der Waals surface area contributed by atoms with Crippen LogP contribution in [0.25, 0.3) is 11.1 Å². The van der Waals surface area contributed by atoms with Crippen molar-refractivity contribution in [2.45, 2.75) is 58.4 Å². The fourth-order valence-corrected chi connectivity index (χ4v) is 3.93. The van der Waals surface area contributed by atoms with Crippen LogP contribution in [-0.4, -0.2) is 79.3 Å². The molecule has 0 unspecified atom stereocenters. The van der Waals surface area contributed by atoms with Gasteiger partial charge in [-0.15, -0.1) is 0 Å². The molecule has 0 amide bonds. The topological polar surface area (TPSA) is 163 Å². The highest BCUT2D eigenvalue weighted by molar-refractivity contribution is 5.87. The standard InChI is InChI=1S/C27H29NO12/c1-14(29)35-13-22-23(36-15(2)30)24(37-16(3)31)25(38-17(4)32)27(40-22)39-20-9-6-18(7-10-20)19-8-11-21(28-12-19)26(33)34-5/h6-12,22-25,27H,13H2,1-5H3/t22-,23-,24+,25+,27-/m1/s1. The summed E-state index contributed by atoms with van der Waals surface area (Å²) in [7, 11) is 1.27. The van der Waals surface area contributed by atoms with E-state index in [-0.39, 0.29) is 18.1 Å². The van der Waals surface area contributed by atoms with E-state index in [2.05, 4.69) is 9.72 Å². The molecule has 13 heteroatoms. The molecule has 0 saturated carbocycles. The Kier molecular flexibility index (Phi) is 10.1. The Labute approximate surface area is 229 Å². The van der Waals surface area contributed by atoms with Gasteiger partial charge in [0.25, 0.3) is 0 Å². The molecular weight excluding hydrogens is 530 g/mol. The molecule has 2 heterocycles. The first kappa shape index (κ1) is 30.0. The van der Waals surface area contributed by atoms with Crippen molar-refractivity contribution in [1.82, 2.24) is 4.98 Å². The summed E-state index contributed by atoms with van der Waals surface area (Å²) in [6, 6.07) is 9.89. The molecule has 1 fully saturated rings. The second-order valence-corrected chi connectivity index (χ2v) is 8.63. The van der Waals surface area contributed by atoms with Crippen molar-refractivity contribution in [3.05, 3.63) is 48.3 Å². The van der Waals surface area contributed by atoms with E-state index >= 15 is 0 Å². The maximum absolute atomic E-state index is 12.0. The molecule has 0 aliphatic carbocycles. The van der Waals surface area contributed by atoms with Crippen LogP contribution in [0.2, 0.25) is 0 Å². The van der Waals surface area contributed by atoms with Gasteiger partial charge in [0.2, 0.25) is 12.4 Å². The highest BCUT2D eigenvalue weighted by Gasteiger charge is 2.53. The zero-order valence-corrected chi connectivity index (χ0v) is 22.5. The van der Waals surface area contributed by atoms with E-state index < -0.39 is 60.6 Å². The predicted octanol–water partition coefficient (Wildman–Crippen LogP) is 2.00. The van der Waals surface area contributed by atoms with Crippen LogP contribution < -0.4 is 4.74 Å². The lowest BCUT2D eigenvalue weighted by atomic mass is 9.98. The number of hydrogen-bond donors (Lipinski definition) is 0. The Hall–Kier alpha value is -4.52. The van der Waals surface area contributed by atoms with Gasteiger partial charge in [-0.2, -0.15) is 0 Å². The summed E-state index contributed by atoms with van der Waals surface area (Å²) in [5.41, 5.74) is 1.62. The number of methoxy groups -OCH3 is 1. The van der Waals surface area contributed by atoms with E-state index in [4.69, 9.17) is 28.4 Å². The lowest BCUT2D eigenvalue weighted by molar-refractivity contribution is -0.288. The molecule has 5 atom stereocenters. The summed E-state index contributed by atoms with van der Waals surface area (Å²) in [5.74, 6) is -3.12. The normalized spacial score (nSPS) is 21.9. The summed E-state index contributed by atoms with van der Waals surface area (Å²) in [5, 5.41) is 0. The van der Waals surface area contributed by atoms with Crippen LogP contribution in [0.3, 0.4) is 0 Å². The van der Waals surface area contributed by atoms with Crippen LogP contribution in [0, 0.1) is 0 Å². The zero-order valence-electron chi connectivity index (χ0n) is 22.5. The second kappa shape index (κ2) is 13.5. The van der Waals surface area contributed by atoms with Gasteiger partial charge in [0.1, 0.15) is 24.2 Å². The molecular formula is C27H29NO12. The average Bonchev–Trinajstić information content (AvgIpc) is 2.90. The Morgan fingerprint density at radius 1 is 0.750 bits per heavy atom. The summed E-state index contributed by atoms with van der Waals surface area (Å²) < 4.78 is 37.8. The molecule has 3 rings (SSSR count). The van der Waals surface area contributed by atoms with Gasteiger partial charge in [-0.3, -0.25) is 19.2 Å². The largest absolute Gasteiger partial charge is 0.464 e. The van der Waals surface area contributed by atoms with Crippen LogP contribution in [0.1, 0.15) is 38.2 Å². The van der Waals surface area contributed by atoms with E-state index in [1.807, 2.05) is 0 Å². The minimum absolute atomic E-state index is 0.162. The van der Waals surface area contributed by atoms with Crippen LogP contribution in [0.15, 0.2) is 42.6 Å². The number of rotatable bonds is 9. The van der Waals surface area contributed by atoms with E-state index in [0.29, 0.717) is 5.56 Å². The number of carbonyl (C=O) groups is 5. The summed E-state index contributed by atoms with van der Waals surface area (Å²) in [6.45, 7) is 4.22. The van der Waals surface area contributed by atoms with Crippen molar-refractivity contribution in [2.24, 2.45) is 0 Å². The molecule has 40 heavy (non-hydrogen) atoms. The Morgan fingerprint density at radius 2 is 1.32 bits per heavy atom. The van der Waals surface area contributed by atoms with Crippen molar-refractivity contribution in [3.8, 4) is 16.9 Å². The van der Waals surface area contributed by atoms with Crippen molar-refractivity contribution < 1.29 is 57.1 Å². The molecule has 0 N–H and O–H groups in total. The molecule has 1 aromatic carbocycles. The number of esters is 5. The second-order valence-electron chi connectivity index (χ2n) is 8.63. The Balaban J connectivity index is 1.89. The molecule has 1 aliphatic heterocycles. The van der Waals surface area contributed by atoms with Gasteiger partial charge in [-0.05, 0) is 23.8 Å². The smallest absolute Gasteiger partial charge is 0.356 e. The third-order valence-electron chi connectivity index (χ3n) is 5.55. The van der Waals surface area contributed by atoms with E-state index in [1.54, 1.807) is 30.3 Å². The zero-order chi connectivity index (χ0) is 29.4. The number of aromatic nitrogens is 1. The van der Waals surface area contributed by atoms with E-state index in [9.17, 15) is 24.0 Å². The number of ether oxygens (including phenoxy) is 7. The van der Waals surface area contributed by atoms with Gasteiger partial charge < -0.3 is 33.2 Å². The number of nitrogens with zero attached hydrogens (tertiary/aromatic N) is 1. The lowest BCUT2D eigenvalue weighted by Crippen LogP contribution is -2.63. The van der Waals surface area contributed by atoms with Crippen molar-refractivity contribution in [2.75, 3.05) is 13.7 Å². The monoisotopic (exact) mass is 559 g/mol. The van der Waals surface area contributed by atoms with Gasteiger partial charge in [0.05, 0.1) is 7.11 Å². The minimum atomic E-state index is -1.35. The first-order chi connectivity index (χ1) is 19.0. The van der Waals surface area contributed by atoms with Crippen LogP contribution in [0.4, 0.5) is 0 Å². The SMILES string of the molecule is COC(=O)c1ccc(-c2ccc(O[C@@H]3O[C@H](COC(C)=O)[C@@H](OC(C)=O)[C@H](OC(C)=O)[C@@H]3OC(C)=O)cc2)cn1. The summed E-state index contributed by atoms with van der Waals surface area (Å²) in [6.07, 6.45) is -4.95. The molecule has 0 spiro atoms. The van der Waals surface area contributed by atoms with E-state index in [1.165, 1.54) is 26.3 Å². The van der Waals surface area contributed by atoms with Gasteiger partial charge in [-0.1, -0.05) is 18.2 Å². The van der Waals surface area contributed by atoms with Crippen LogP contribution in [0.5, 0.6) is 5.75 Å². The quantitative estimate of drug-likeness (QED) is 0.324. The van der Waals surface area contributed by atoms with Gasteiger partial charge in [0.15, 0.2) is 12.2 Å². The number of pyridine rings is 1. The van der Waals surface area contributed by atoms with Crippen LogP contribution >= 0.6 is 0 Å². The van der Waals surface area contributed by atoms with Crippen molar-refractivity contribution >= 4 is 29.8 Å². The lowest BCUT2D eigenvalue weighted by Gasteiger charge is -2.43. The fourth-order valence-electron chi connectivity index (χ4n) is 3.93. The number of hydrogen-bond acceptors (Lipinski definition) is 13. The maximum Gasteiger partial charge on any atom is 0.356 e. The molecule has 214 valence electrons. The summed E-state index contributed by atoms with van der Waals surface area (Å²) in [4.78, 5) is 63.0. The van der Waals surface area contributed by atoms with Crippen molar-refractivity contribution in [1.29, 1.82) is 0 Å².